The van der Waals surface area contributed by atoms with Crippen LogP contribution < -0.4 is 11.1 Å². The van der Waals surface area contributed by atoms with E-state index in [1.165, 1.54) is 30.0 Å². The Balaban J connectivity index is 0.00000625. The van der Waals surface area contributed by atoms with Gasteiger partial charge < -0.3 is 25.2 Å². The predicted octanol–water partition coefficient (Wildman–Crippen LogP) is 7.06. The number of aryl methyl sites for hydroxylation is 2. The van der Waals surface area contributed by atoms with E-state index in [0.717, 1.165) is 30.9 Å². The Bertz CT molecular complexity index is 1640. The number of amides is 1. The lowest BCUT2D eigenvalue weighted by molar-refractivity contribution is 0.0238. The maximum Gasteiger partial charge on any atom is 0.338 e. The molecule has 48 heavy (non-hydrogen) atoms. The average Bonchev–Trinajstić information content (AvgIpc) is 3.48. The van der Waals surface area contributed by atoms with Gasteiger partial charge >= 0.3 is 5.97 Å². The number of nitrogens with two attached hydrogens (primary N) is 1. The zero-order valence-electron chi connectivity index (χ0n) is 27.9. The van der Waals surface area contributed by atoms with Gasteiger partial charge in [0.1, 0.15) is 24.0 Å². The number of rotatable bonds is 16. The molecule has 4 rings (SSSR count). The van der Waals surface area contributed by atoms with Gasteiger partial charge in [0.25, 0.3) is 5.91 Å². The Morgan fingerprint density at radius 2 is 1.60 bits per heavy atom. The maximum absolute atomic E-state index is 14.0. The normalized spacial score (nSPS) is 12.2. The van der Waals surface area contributed by atoms with Crippen LogP contribution in [0.4, 0.5) is 8.78 Å². The number of carbonyl (C=O) groups excluding carboxylic acids is 2. The summed E-state index contributed by atoms with van der Waals surface area (Å²) in [4.78, 5) is 29.3. The Labute approximate surface area is 287 Å². The van der Waals surface area contributed by atoms with E-state index in [4.69, 9.17) is 15.0 Å². The van der Waals surface area contributed by atoms with Crippen molar-refractivity contribution in [3.63, 3.8) is 0 Å². The molecule has 0 saturated carbocycles. The second kappa shape index (κ2) is 18.4. The first kappa shape index (κ1) is 38.3. The minimum atomic E-state index is -0.875. The van der Waals surface area contributed by atoms with Gasteiger partial charge in [0.15, 0.2) is 0 Å². The molecule has 258 valence electrons. The van der Waals surface area contributed by atoms with Crippen molar-refractivity contribution in [2.24, 2.45) is 5.73 Å². The first-order valence-corrected chi connectivity index (χ1v) is 16.2. The first-order chi connectivity index (χ1) is 22.6. The third-order valence-electron chi connectivity index (χ3n) is 7.95. The average molecular weight is 683 g/mol. The molecule has 4 aromatic rings. The number of hydrogen-bond acceptors (Lipinski definition) is 7. The van der Waals surface area contributed by atoms with Crippen molar-refractivity contribution in [2.45, 2.75) is 72.1 Å². The van der Waals surface area contributed by atoms with Crippen molar-refractivity contribution in [2.75, 3.05) is 19.6 Å². The molecule has 8 nitrogen and oxygen atoms in total. The molecule has 2 atom stereocenters. The van der Waals surface area contributed by atoms with Crippen LogP contribution in [-0.4, -0.2) is 53.7 Å². The van der Waals surface area contributed by atoms with Gasteiger partial charge in [0.05, 0.1) is 11.3 Å². The summed E-state index contributed by atoms with van der Waals surface area (Å²) in [5.74, 6) is -2.31. The number of halogens is 3. The smallest absolute Gasteiger partial charge is 0.338 e. The number of nitrogens with zero attached hydrogens (tertiary/aromatic N) is 2. The van der Waals surface area contributed by atoms with Crippen LogP contribution in [0.25, 0.3) is 11.1 Å². The van der Waals surface area contributed by atoms with Crippen LogP contribution in [0.1, 0.15) is 76.7 Å². The van der Waals surface area contributed by atoms with E-state index in [-0.39, 0.29) is 36.8 Å². The molecular weight excluding hydrogens is 638 g/mol. The molecule has 0 fully saturated rings. The number of hydrogen-bond donors (Lipinski definition) is 2. The zero-order valence-corrected chi connectivity index (χ0v) is 28.7. The van der Waals surface area contributed by atoms with E-state index in [2.05, 4.69) is 29.5 Å². The van der Waals surface area contributed by atoms with Gasteiger partial charge in [-0.25, -0.2) is 13.6 Å². The maximum atomic E-state index is 14.0. The molecule has 0 aliphatic carbocycles. The molecule has 0 radical (unpaired) electrons. The highest BCUT2D eigenvalue weighted by molar-refractivity contribution is 6.00. The fraction of sp³-hybridized carbons (Fsp3) is 0.378. The molecular formula is C37H45ClF2N4O4. The largest absolute Gasteiger partial charge is 0.456 e. The molecule has 3 N–H and O–H groups in total. The fourth-order valence-electron chi connectivity index (χ4n) is 5.57. The number of nitrogens with one attached hydrogen (secondary N) is 1. The van der Waals surface area contributed by atoms with Crippen molar-refractivity contribution < 1.29 is 27.6 Å². The molecule has 3 aromatic carbocycles. The number of benzene rings is 3. The van der Waals surface area contributed by atoms with E-state index >= 15 is 0 Å². The minimum absolute atomic E-state index is 0. The molecule has 0 aliphatic heterocycles. The third kappa shape index (κ3) is 10.4. The predicted molar refractivity (Wildman–Crippen MR) is 185 cm³/mol. The standard InChI is InChI=1S/C37H44F2N4O4.ClH/c1-5-11-43(12-6-2)36(44)29-17-28(33-23-46-42-24(33)4)18-30(19-29)37(45)47-35(22-41-21-26-10-8-9-25(7-3)13-26)34(40)16-27-14-31(38)20-32(39)15-27;/h8-10,13-15,17-20,23,34-35,41H,5-7,11-12,16,21-22,40H2,1-4H3;1H/t34-,35+;/m0./s1. The summed E-state index contributed by atoms with van der Waals surface area (Å²) in [6.07, 6.45) is 3.13. The van der Waals surface area contributed by atoms with Gasteiger partial charge in [-0.3, -0.25) is 4.79 Å². The van der Waals surface area contributed by atoms with Crippen LogP contribution in [-0.2, 0) is 24.1 Å². The molecule has 11 heteroatoms. The molecule has 1 heterocycles. The summed E-state index contributed by atoms with van der Waals surface area (Å²) in [5, 5.41) is 7.29. The first-order valence-electron chi connectivity index (χ1n) is 16.2. The van der Waals surface area contributed by atoms with Gasteiger partial charge in [0, 0.05) is 49.4 Å². The number of aromatic nitrogens is 1. The molecule has 1 aromatic heterocycles. The van der Waals surface area contributed by atoms with Gasteiger partial charge in [-0.1, -0.05) is 50.2 Å². The van der Waals surface area contributed by atoms with Crippen molar-refractivity contribution in [1.29, 1.82) is 0 Å². The summed E-state index contributed by atoms with van der Waals surface area (Å²) in [6, 6.07) is 15.5. The van der Waals surface area contributed by atoms with Crippen LogP contribution in [0.5, 0.6) is 0 Å². The Morgan fingerprint density at radius 3 is 2.23 bits per heavy atom. The Morgan fingerprint density at radius 1 is 0.938 bits per heavy atom. The Hall–Kier alpha value is -4.12. The van der Waals surface area contributed by atoms with E-state index < -0.39 is 29.7 Å². The number of ether oxygens (including phenoxy) is 1. The SMILES string of the molecule is CCCN(CCC)C(=O)c1cc(C(=O)O[C@H](CNCc2cccc(CC)c2)[C@@H](N)Cc2cc(F)cc(F)c2)cc(-c2conc2C)c1.Cl. The number of carbonyl (C=O) groups is 2. The van der Waals surface area contributed by atoms with Crippen LogP contribution in [0.2, 0.25) is 0 Å². The van der Waals surface area contributed by atoms with Gasteiger partial charge in [0.2, 0.25) is 0 Å². The van der Waals surface area contributed by atoms with Crippen LogP contribution in [0.15, 0.2) is 71.4 Å². The Kier molecular flexibility index (Phi) is 14.7. The van der Waals surface area contributed by atoms with Gasteiger partial charge in [-0.15, -0.1) is 12.4 Å². The summed E-state index contributed by atoms with van der Waals surface area (Å²) < 4.78 is 39.1. The monoisotopic (exact) mass is 682 g/mol. The highest BCUT2D eigenvalue weighted by atomic mass is 35.5. The second-order valence-electron chi connectivity index (χ2n) is 11.8. The van der Waals surface area contributed by atoms with Gasteiger partial charge in [-0.2, -0.15) is 0 Å². The molecule has 0 spiro atoms. The van der Waals surface area contributed by atoms with E-state index in [0.29, 0.717) is 47.6 Å². The quantitative estimate of drug-likeness (QED) is 0.122. The van der Waals surface area contributed by atoms with Gasteiger partial charge in [-0.05, 0) is 85.2 Å². The second-order valence-corrected chi connectivity index (χ2v) is 11.8. The van der Waals surface area contributed by atoms with Crippen molar-refractivity contribution in [1.82, 2.24) is 15.4 Å². The third-order valence-corrected chi connectivity index (χ3v) is 7.95. The van der Waals surface area contributed by atoms with E-state index in [9.17, 15) is 18.4 Å². The summed E-state index contributed by atoms with van der Waals surface area (Å²) in [6.45, 7) is 9.70. The molecule has 0 bridgehead atoms. The lowest BCUT2D eigenvalue weighted by Gasteiger charge is -2.25. The molecule has 0 aliphatic rings. The lowest BCUT2D eigenvalue weighted by Crippen LogP contribution is -2.46. The fourth-order valence-corrected chi connectivity index (χ4v) is 5.57. The van der Waals surface area contributed by atoms with E-state index in [1.807, 2.05) is 26.0 Å². The number of esters is 1. The summed E-state index contributed by atoms with van der Waals surface area (Å²) in [5.41, 5.74) is 11.5. The lowest BCUT2D eigenvalue weighted by atomic mass is 9.99. The summed E-state index contributed by atoms with van der Waals surface area (Å²) in [7, 11) is 0. The van der Waals surface area contributed by atoms with Crippen molar-refractivity contribution in [3.05, 3.63) is 112 Å². The molecule has 0 saturated heterocycles. The van der Waals surface area contributed by atoms with Crippen molar-refractivity contribution in [3.8, 4) is 11.1 Å². The molecule has 1 amide bonds. The van der Waals surface area contributed by atoms with Crippen molar-refractivity contribution >= 4 is 24.3 Å². The summed E-state index contributed by atoms with van der Waals surface area (Å²) >= 11 is 0. The van der Waals surface area contributed by atoms with Crippen LogP contribution >= 0.6 is 12.4 Å². The van der Waals surface area contributed by atoms with E-state index in [1.54, 1.807) is 24.0 Å². The zero-order chi connectivity index (χ0) is 33.9. The highest BCUT2D eigenvalue weighted by Gasteiger charge is 2.26. The highest BCUT2D eigenvalue weighted by Crippen LogP contribution is 2.27. The van der Waals surface area contributed by atoms with Crippen LogP contribution in [0, 0.1) is 18.6 Å². The molecule has 0 unspecified atom stereocenters. The topological polar surface area (TPSA) is 111 Å². The minimum Gasteiger partial charge on any atom is -0.456 e. The van der Waals surface area contributed by atoms with Crippen LogP contribution in [0.3, 0.4) is 0 Å².